The number of piperidine rings is 1. The number of nitrogens with zero attached hydrogens (tertiary/aromatic N) is 1. The first kappa shape index (κ1) is 15.3. The Morgan fingerprint density at radius 2 is 2.06 bits per heavy atom. The van der Waals surface area contributed by atoms with Gasteiger partial charge in [0, 0.05) is 30.2 Å². The van der Waals surface area contributed by atoms with Gasteiger partial charge in [-0.15, -0.1) is 12.4 Å². The van der Waals surface area contributed by atoms with Crippen LogP contribution < -0.4 is 5.32 Å². The van der Waals surface area contributed by atoms with Gasteiger partial charge in [-0.05, 0) is 43.7 Å². The van der Waals surface area contributed by atoms with Crippen molar-refractivity contribution in [1.82, 2.24) is 10.2 Å². The van der Waals surface area contributed by atoms with Gasteiger partial charge in [-0.25, -0.2) is 0 Å². The Kier molecular flexibility index (Phi) is 5.93. The molecule has 5 heteroatoms. The van der Waals surface area contributed by atoms with Gasteiger partial charge in [-0.3, -0.25) is 4.79 Å². The zero-order valence-electron chi connectivity index (χ0n) is 10.4. The highest BCUT2D eigenvalue weighted by Crippen LogP contribution is 2.14. The monoisotopic (exact) mass is 288 g/mol. The number of likely N-dealkylation sites (N-methyl/N-ethyl adjacent to an activating group) is 1. The minimum atomic E-state index is 0. The highest BCUT2D eigenvalue weighted by Gasteiger charge is 2.22. The van der Waals surface area contributed by atoms with E-state index in [1.54, 1.807) is 24.3 Å². The molecule has 1 aromatic carbocycles. The summed E-state index contributed by atoms with van der Waals surface area (Å²) in [4.78, 5) is 14.0. The maximum absolute atomic E-state index is 12.2. The summed E-state index contributed by atoms with van der Waals surface area (Å²) in [6.45, 7) is 1.94. The molecule has 1 fully saturated rings. The SMILES string of the molecule is CN(C(=O)c1ccc(Cl)cc1)C1CCCNC1.Cl. The first-order valence-electron chi connectivity index (χ1n) is 5.92. The molecule has 1 aliphatic heterocycles. The van der Waals surface area contributed by atoms with Gasteiger partial charge in [0.25, 0.3) is 5.91 Å². The zero-order valence-corrected chi connectivity index (χ0v) is 11.9. The van der Waals surface area contributed by atoms with Crippen LogP contribution in [0, 0.1) is 0 Å². The molecule has 0 bridgehead atoms. The van der Waals surface area contributed by atoms with E-state index in [-0.39, 0.29) is 18.3 Å². The summed E-state index contributed by atoms with van der Waals surface area (Å²) in [7, 11) is 1.87. The van der Waals surface area contributed by atoms with Crippen molar-refractivity contribution in [3.63, 3.8) is 0 Å². The molecule has 1 aromatic rings. The van der Waals surface area contributed by atoms with Crippen molar-refractivity contribution in [2.75, 3.05) is 20.1 Å². The van der Waals surface area contributed by atoms with Crippen molar-refractivity contribution in [1.29, 1.82) is 0 Å². The number of rotatable bonds is 2. The molecule has 0 spiro atoms. The molecule has 0 aliphatic carbocycles. The summed E-state index contributed by atoms with van der Waals surface area (Å²) in [6.07, 6.45) is 2.20. The molecule has 1 atom stereocenters. The minimum Gasteiger partial charge on any atom is -0.337 e. The summed E-state index contributed by atoms with van der Waals surface area (Å²) in [6, 6.07) is 7.35. The second-order valence-corrected chi connectivity index (χ2v) is 4.86. The summed E-state index contributed by atoms with van der Waals surface area (Å²) in [5.41, 5.74) is 0.697. The van der Waals surface area contributed by atoms with Crippen LogP contribution in [0.25, 0.3) is 0 Å². The Morgan fingerprint density at radius 3 is 2.61 bits per heavy atom. The molecule has 0 saturated carbocycles. The predicted octanol–water partition coefficient (Wildman–Crippen LogP) is 2.59. The van der Waals surface area contributed by atoms with E-state index in [1.165, 1.54) is 0 Å². The van der Waals surface area contributed by atoms with Crippen LogP contribution in [0.4, 0.5) is 0 Å². The molecule has 1 aliphatic rings. The number of hydrogen-bond donors (Lipinski definition) is 1. The lowest BCUT2D eigenvalue weighted by molar-refractivity contribution is 0.0708. The number of nitrogens with one attached hydrogen (secondary N) is 1. The van der Waals surface area contributed by atoms with Crippen LogP contribution in [-0.4, -0.2) is 37.0 Å². The summed E-state index contributed by atoms with van der Waals surface area (Å²) >= 11 is 5.81. The van der Waals surface area contributed by atoms with Crippen molar-refractivity contribution in [3.05, 3.63) is 34.9 Å². The van der Waals surface area contributed by atoms with E-state index in [0.717, 1.165) is 25.9 Å². The predicted molar refractivity (Wildman–Crippen MR) is 76.7 cm³/mol. The number of hydrogen-bond acceptors (Lipinski definition) is 2. The van der Waals surface area contributed by atoms with E-state index in [1.807, 2.05) is 11.9 Å². The summed E-state index contributed by atoms with van der Waals surface area (Å²) in [5, 5.41) is 3.97. The van der Waals surface area contributed by atoms with Crippen LogP contribution in [0.1, 0.15) is 23.2 Å². The fraction of sp³-hybridized carbons (Fsp3) is 0.462. The average molecular weight is 289 g/mol. The van der Waals surface area contributed by atoms with E-state index in [0.29, 0.717) is 16.6 Å². The Balaban J connectivity index is 0.00000162. The first-order chi connectivity index (χ1) is 8.18. The average Bonchev–Trinajstić information content (AvgIpc) is 2.39. The van der Waals surface area contributed by atoms with E-state index in [2.05, 4.69) is 5.32 Å². The first-order valence-corrected chi connectivity index (χ1v) is 6.30. The largest absolute Gasteiger partial charge is 0.337 e. The van der Waals surface area contributed by atoms with Crippen LogP contribution in [0.5, 0.6) is 0 Å². The molecule has 18 heavy (non-hydrogen) atoms. The summed E-state index contributed by atoms with van der Waals surface area (Å²) < 4.78 is 0. The normalized spacial score (nSPS) is 18.9. The second kappa shape index (κ2) is 6.98. The second-order valence-electron chi connectivity index (χ2n) is 4.42. The topological polar surface area (TPSA) is 32.3 Å². The fourth-order valence-electron chi connectivity index (χ4n) is 2.13. The molecule has 0 aromatic heterocycles. The molecule has 100 valence electrons. The third-order valence-corrected chi connectivity index (χ3v) is 3.48. The number of halogens is 2. The van der Waals surface area contributed by atoms with Gasteiger partial charge in [0.05, 0.1) is 0 Å². The molecule has 1 unspecified atom stereocenters. The van der Waals surface area contributed by atoms with Crippen molar-refractivity contribution in [2.45, 2.75) is 18.9 Å². The Bertz CT molecular complexity index is 388. The van der Waals surface area contributed by atoms with Gasteiger partial charge in [0.2, 0.25) is 0 Å². The molecule has 1 heterocycles. The number of amides is 1. The van der Waals surface area contributed by atoms with Crippen LogP contribution in [0.2, 0.25) is 5.02 Å². The maximum Gasteiger partial charge on any atom is 0.253 e. The van der Waals surface area contributed by atoms with Gasteiger partial charge >= 0.3 is 0 Å². The number of carbonyl (C=O) groups is 1. The van der Waals surface area contributed by atoms with E-state index >= 15 is 0 Å². The van der Waals surface area contributed by atoms with Crippen LogP contribution in [0.3, 0.4) is 0 Å². The number of carbonyl (C=O) groups excluding carboxylic acids is 1. The highest BCUT2D eigenvalue weighted by atomic mass is 35.5. The molecule has 1 saturated heterocycles. The maximum atomic E-state index is 12.2. The lowest BCUT2D eigenvalue weighted by Crippen LogP contribution is -2.46. The highest BCUT2D eigenvalue weighted by molar-refractivity contribution is 6.30. The zero-order chi connectivity index (χ0) is 12.3. The van der Waals surface area contributed by atoms with Crippen molar-refractivity contribution >= 4 is 29.9 Å². The van der Waals surface area contributed by atoms with Crippen molar-refractivity contribution in [2.24, 2.45) is 0 Å². The van der Waals surface area contributed by atoms with Crippen LogP contribution >= 0.6 is 24.0 Å². The van der Waals surface area contributed by atoms with Crippen molar-refractivity contribution < 1.29 is 4.79 Å². The van der Waals surface area contributed by atoms with Crippen LogP contribution in [-0.2, 0) is 0 Å². The lowest BCUT2D eigenvalue weighted by Gasteiger charge is -2.31. The molecule has 1 N–H and O–H groups in total. The number of benzene rings is 1. The van der Waals surface area contributed by atoms with E-state index < -0.39 is 0 Å². The Hall–Kier alpha value is -0.770. The van der Waals surface area contributed by atoms with Crippen LogP contribution in [0.15, 0.2) is 24.3 Å². The molecule has 0 radical (unpaired) electrons. The Labute approximate surface area is 119 Å². The standard InChI is InChI=1S/C13H17ClN2O.ClH/c1-16(12-3-2-8-15-9-12)13(17)10-4-6-11(14)7-5-10;/h4-7,12,15H,2-3,8-9H2,1H3;1H. The molecule has 2 rings (SSSR count). The summed E-state index contributed by atoms with van der Waals surface area (Å²) in [5.74, 6) is 0.0652. The molecule has 3 nitrogen and oxygen atoms in total. The minimum absolute atomic E-state index is 0. The van der Waals surface area contributed by atoms with E-state index in [4.69, 9.17) is 11.6 Å². The fourth-order valence-corrected chi connectivity index (χ4v) is 2.25. The van der Waals surface area contributed by atoms with Gasteiger partial charge in [0.1, 0.15) is 0 Å². The van der Waals surface area contributed by atoms with E-state index in [9.17, 15) is 4.79 Å². The molecular weight excluding hydrogens is 271 g/mol. The smallest absolute Gasteiger partial charge is 0.253 e. The van der Waals surface area contributed by atoms with Crippen molar-refractivity contribution in [3.8, 4) is 0 Å². The van der Waals surface area contributed by atoms with Gasteiger partial charge in [-0.2, -0.15) is 0 Å². The molecular formula is C13H18Cl2N2O. The quantitative estimate of drug-likeness (QED) is 0.907. The van der Waals surface area contributed by atoms with Gasteiger partial charge in [0.15, 0.2) is 0 Å². The third-order valence-electron chi connectivity index (χ3n) is 3.23. The lowest BCUT2D eigenvalue weighted by atomic mass is 10.1. The van der Waals surface area contributed by atoms with Gasteiger partial charge < -0.3 is 10.2 Å². The third kappa shape index (κ3) is 3.61. The Morgan fingerprint density at radius 1 is 1.39 bits per heavy atom. The van der Waals surface area contributed by atoms with Gasteiger partial charge in [-0.1, -0.05) is 11.6 Å². The molecule has 1 amide bonds.